The van der Waals surface area contributed by atoms with Gasteiger partial charge in [-0.25, -0.2) is 9.78 Å². The molecule has 9 heteroatoms. The number of rotatable bonds is 3. The summed E-state index contributed by atoms with van der Waals surface area (Å²) >= 11 is 0. The Morgan fingerprint density at radius 2 is 1.74 bits per heavy atom. The van der Waals surface area contributed by atoms with Crippen molar-refractivity contribution < 1.29 is 9.59 Å². The van der Waals surface area contributed by atoms with E-state index >= 15 is 0 Å². The zero-order valence-corrected chi connectivity index (χ0v) is 14.5. The molecule has 2 N–H and O–H groups in total. The van der Waals surface area contributed by atoms with Crippen molar-refractivity contribution in [2.45, 2.75) is 6.42 Å². The molecule has 0 spiro atoms. The first-order chi connectivity index (χ1) is 13.1. The second-order valence-corrected chi connectivity index (χ2v) is 6.40. The van der Waals surface area contributed by atoms with Crippen molar-refractivity contribution in [3.05, 3.63) is 58.5 Å². The number of nitrogens with one attached hydrogen (secondary N) is 2. The van der Waals surface area contributed by atoms with Crippen LogP contribution in [-0.4, -0.2) is 67.7 Å². The molecule has 3 aromatic rings. The van der Waals surface area contributed by atoms with Crippen molar-refractivity contribution >= 4 is 22.8 Å². The van der Waals surface area contributed by atoms with E-state index in [0.717, 1.165) is 5.56 Å². The molecular formula is C18H18N6O3. The zero-order valence-electron chi connectivity index (χ0n) is 14.5. The molecule has 1 aliphatic heterocycles. The largest absolute Gasteiger partial charge is 0.339 e. The number of nitrogens with zero attached hydrogens (tertiary/aromatic N) is 4. The third-order valence-corrected chi connectivity index (χ3v) is 4.64. The first-order valence-corrected chi connectivity index (χ1v) is 8.64. The van der Waals surface area contributed by atoms with Crippen molar-refractivity contribution in [2.24, 2.45) is 0 Å². The molecule has 27 heavy (non-hydrogen) atoms. The van der Waals surface area contributed by atoms with Crippen molar-refractivity contribution in [2.75, 3.05) is 26.2 Å². The van der Waals surface area contributed by atoms with Crippen LogP contribution in [0.5, 0.6) is 0 Å². The van der Waals surface area contributed by atoms with E-state index in [0.29, 0.717) is 42.9 Å². The standard InChI is InChI=1S/C18H18N6O3/c25-16(10-12-1-2-13-14(9-12)22-18(27)21-13)23-5-7-24(8-6-23)17(26)15-11-19-3-4-20-15/h1-4,9,11H,5-8,10H2,(H2,21,22,27). The van der Waals surface area contributed by atoms with Crippen LogP contribution in [0.15, 0.2) is 41.6 Å². The summed E-state index contributed by atoms with van der Waals surface area (Å²) in [6, 6.07) is 5.42. The van der Waals surface area contributed by atoms with E-state index in [1.54, 1.807) is 21.9 Å². The normalized spacial score (nSPS) is 14.5. The highest BCUT2D eigenvalue weighted by Crippen LogP contribution is 2.13. The van der Waals surface area contributed by atoms with Gasteiger partial charge in [0, 0.05) is 38.6 Å². The summed E-state index contributed by atoms with van der Waals surface area (Å²) in [5, 5.41) is 0. The quantitative estimate of drug-likeness (QED) is 0.686. The molecule has 0 atom stereocenters. The van der Waals surface area contributed by atoms with Gasteiger partial charge >= 0.3 is 5.69 Å². The number of hydrogen-bond donors (Lipinski definition) is 2. The van der Waals surface area contributed by atoms with Crippen LogP contribution in [0.4, 0.5) is 0 Å². The van der Waals surface area contributed by atoms with Crippen molar-refractivity contribution in [3.8, 4) is 0 Å². The van der Waals surface area contributed by atoms with Gasteiger partial charge in [0.25, 0.3) is 5.91 Å². The average molecular weight is 366 g/mol. The average Bonchev–Trinajstić information content (AvgIpc) is 3.07. The Bertz CT molecular complexity index is 1030. The van der Waals surface area contributed by atoms with Crippen LogP contribution in [-0.2, 0) is 11.2 Å². The molecule has 0 aliphatic carbocycles. The Kier molecular flexibility index (Phi) is 4.41. The molecule has 0 radical (unpaired) electrons. The molecule has 1 aromatic carbocycles. The van der Waals surface area contributed by atoms with Gasteiger partial charge in [-0.2, -0.15) is 0 Å². The van der Waals surface area contributed by atoms with E-state index in [1.165, 1.54) is 18.6 Å². The maximum Gasteiger partial charge on any atom is 0.323 e. The number of fused-ring (bicyclic) bond motifs is 1. The van der Waals surface area contributed by atoms with E-state index in [9.17, 15) is 14.4 Å². The predicted molar refractivity (Wildman–Crippen MR) is 97.1 cm³/mol. The van der Waals surface area contributed by atoms with Crippen LogP contribution in [0, 0.1) is 0 Å². The summed E-state index contributed by atoms with van der Waals surface area (Å²) in [4.78, 5) is 53.0. The van der Waals surface area contributed by atoms with Gasteiger partial charge in [-0.3, -0.25) is 14.6 Å². The molecule has 1 aliphatic rings. The Labute approximate surface area is 154 Å². The number of carbonyl (C=O) groups is 2. The molecule has 2 aromatic heterocycles. The lowest BCUT2D eigenvalue weighted by Gasteiger charge is -2.34. The first-order valence-electron chi connectivity index (χ1n) is 8.64. The summed E-state index contributed by atoms with van der Waals surface area (Å²) < 4.78 is 0. The SMILES string of the molecule is O=C(Cc1ccc2[nH]c(=O)[nH]c2c1)N1CCN(C(=O)c2cnccn2)CC1. The molecule has 1 fully saturated rings. The lowest BCUT2D eigenvalue weighted by Crippen LogP contribution is -2.51. The number of amides is 2. The number of aromatic nitrogens is 4. The van der Waals surface area contributed by atoms with Gasteiger partial charge in [-0.05, 0) is 17.7 Å². The number of H-pyrrole nitrogens is 2. The highest BCUT2D eigenvalue weighted by molar-refractivity contribution is 5.92. The molecule has 0 unspecified atom stereocenters. The van der Waals surface area contributed by atoms with E-state index in [4.69, 9.17) is 0 Å². The van der Waals surface area contributed by atoms with Crippen LogP contribution in [0.25, 0.3) is 11.0 Å². The maximum absolute atomic E-state index is 12.6. The number of benzene rings is 1. The molecule has 3 heterocycles. The summed E-state index contributed by atoms with van der Waals surface area (Å²) in [5.41, 5.74) is 2.28. The number of carbonyl (C=O) groups excluding carboxylic acids is 2. The monoisotopic (exact) mass is 366 g/mol. The van der Waals surface area contributed by atoms with Crippen LogP contribution in [0.2, 0.25) is 0 Å². The van der Waals surface area contributed by atoms with E-state index < -0.39 is 0 Å². The number of imidazole rings is 1. The first kappa shape index (κ1) is 17.0. The molecule has 4 rings (SSSR count). The summed E-state index contributed by atoms with van der Waals surface area (Å²) in [5.74, 6) is -0.170. The highest BCUT2D eigenvalue weighted by Gasteiger charge is 2.25. The van der Waals surface area contributed by atoms with Crippen LogP contribution in [0.1, 0.15) is 16.1 Å². The predicted octanol–water partition coefficient (Wildman–Crippen LogP) is 0.173. The van der Waals surface area contributed by atoms with Gasteiger partial charge < -0.3 is 19.8 Å². The summed E-state index contributed by atoms with van der Waals surface area (Å²) in [7, 11) is 0. The molecular weight excluding hydrogens is 348 g/mol. The number of piperazine rings is 1. The fraction of sp³-hybridized carbons (Fsp3) is 0.278. The molecule has 1 saturated heterocycles. The van der Waals surface area contributed by atoms with Crippen LogP contribution < -0.4 is 5.69 Å². The lowest BCUT2D eigenvalue weighted by atomic mass is 10.1. The summed E-state index contributed by atoms with van der Waals surface area (Å²) in [6.07, 6.45) is 4.71. The van der Waals surface area contributed by atoms with Gasteiger partial charge in [0.15, 0.2) is 0 Å². The Hall–Kier alpha value is -3.49. The van der Waals surface area contributed by atoms with Gasteiger partial charge in [0.05, 0.1) is 23.7 Å². The van der Waals surface area contributed by atoms with Gasteiger partial charge in [0.2, 0.25) is 5.91 Å². The van der Waals surface area contributed by atoms with E-state index in [2.05, 4.69) is 19.9 Å². The minimum atomic E-state index is -0.266. The second kappa shape index (κ2) is 7.02. The number of hydrogen-bond acceptors (Lipinski definition) is 5. The number of aromatic amines is 2. The molecule has 0 saturated carbocycles. The van der Waals surface area contributed by atoms with Gasteiger partial charge in [-0.15, -0.1) is 0 Å². The third kappa shape index (κ3) is 3.57. The topological polar surface area (TPSA) is 115 Å². The maximum atomic E-state index is 12.6. The minimum absolute atomic E-state index is 0.00108. The fourth-order valence-electron chi connectivity index (χ4n) is 3.21. The van der Waals surface area contributed by atoms with Crippen molar-refractivity contribution in [1.29, 1.82) is 0 Å². The third-order valence-electron chi connectivity index (χ3n) is 4.64. The fourth-order valence-corrected chi connectivity index (χ4v) is 3.21. The zero-order chi connectivity index (χ0) is 18.8. The Morgan fingerprint density at radius 3 is 2.48 bits per heavy atom. The van der Waals surface area contributed by atoms with Gasteiger partial charge in [-0.1, -0.05) is 6.07 Å². The van der Waals surface area contributed by atoms with Crippen LogP contribution >= 0.6 is 0 Å². The lowest BCUT2D eigenvalue weighted by molar-refractivity contribution is -0.131. The second-order valence-electron chi connectivity index (χ2n) is 6.40. The summed E-state index contributed by atoms with van der Waals surface area (Å²) in [6.45, 7) is 1.89. The minimum Gasteiger partial charge on any atom is -0.339 e. The van der Waals surface area contributed by atoms with E-state index in [1.807, 2.05) is 6.07 Å². The molecule has 9 nitrogen and oxygen atoms in total. The molecule has 138 valence electrons. The Morgan fingerprint density at radius 1 is 1.00 bits per heavy atom. The molecule has 0 bridgehead atoms. The van der Waals surface area contributed by atoms with Crippen LogP contribution in [0.3, 0.4) is 0 Å². The molecule has 2 amide bonds. The van der Waals surface area contributed by atoms with E-state index in [-0.39, 0.29) is 23.9 Å². The van der Waals surface area contributed by atoms with Crippen molar-refractivity contribution in [1.82, 2.24) is 29.7 Å². The van der Waals surface area contributed by atoms with Crippen molar-refractivity contribution in [3.63, 3.8) is 0 Å². The Balaban J connectivity index is 1.36. The smallest absolute Gasteiger partial charge is 0.323 e. The highest BCUT2D eigenvalue weighted by atomic mass is 16.2. The van der Waals surface area contributed by atoms with Gasteiger partial charge in [0.1, 0.15) is 5.69 Å².